The molecular weight excluding hydrogens is 223 g/mol. The second-order valence-corrected chi connectivity index (χ2v) is 3.78. The third-order valence-electron chi connectivity index (χ3n) is 2.23. The van der Waals surface area contributed by atoms with Crippen molar-refractivity contribution < 1.29 is 4.39 Å². The standard InChI is InChI=1S/C12H11FN2S/c13-11-10(6-7-14-12(11)16)15-8-9-4-2-1-3-5-9/h1-7H,8H2,(H2,14,15,16). The van der Waals surface area contributed by atoms with E-state index in [2.05, 4.69) is 10.3 Å². The maximum absolute atomic E-state index is 13.5. The van der Waals surface area contributed by atoms with Crippen molar-refractivity contribution in [3.8, 4) is 0 Å². The minimum absolute atomic E-state index is 0.123. The molecule has 2 rings (SSSR count). The van der Waals surface area contributed by atoms with Gasteiger partial charge in [-0.05, 0) is 11.6 Å². The molecule has 1 aromatic carbocycles. The van der Waals surface area contributed by atoms with Crippen molar-refractivity contribution in [2.75, 3.05) is 5.32 Å². The van der Waals surface area contributed by atoms with Crippen LogP contribution in [0.2, 0.25) is 0 Å². The van der Waals surface area contributed by atoms with Gasteiger partial charge in [0.15, 0.2) is 5.82 Å². The van der Waals surface area contributed by atoms with E-state index in [1.165, 1.54) is 0 Å². The molecule has 0 fully saturated rings. The lowest BCUT2D eigenvalue weighted by atomic mass is 10.2. The fourth-order valence-electron chi connectivity index (χ4n) is 1.39. The molecule has 1 aromatic heterocycles. The number of anilines is 1. The van der Waals surface area contributed by atoms with Gasteiger partial charge < -0.3 is 10.3 Å². The molecule has 0 spiro atoms. The van der Waals surface area contributed by atoms with Crippen LogP contribution in [0.1, 0.15) is 5.56 Å². The number of aromatic nitrogens is 1. The van der Waals surface area contributed by atoms with Gasteiger partial charge in [0.1, 0.15) is 4.64 Å². The molecule has 2 nitrogen and oxygen atoms in total. The number of benzene rings is 1. The smallest absolute Gasteiger partial charge is 0.180 e. The van der Waals surface area contributed by atoms with Crippen molar-refractivity contribution >= 4 is 17.9 Å². The van der Waals surface area contributed by atoms with Crippen LogP contribution in [0.25, 0.3) is 0 Å². The number of hydrogen-bond acceptors (Lipinski definition) is 2. The Bertz CT molecular complexity index is 522. The molecule has 0 unspecified atom stereocenters. The van der Waals surface area contributed by atoms with Crippen molar-refractivity contribution in [1.29, 1.82) is 0 Å². The summed E-state index contributed by atoms with van der Waals surface area (Å²) in [4.78, 5) is 2.64. The van der Waals surface area contributed by atoms with Gasteiger partial charge in [-0.3, -0.25) is 0 Å². The molecule has 0 aliphatic heterocycles. The second-order valence-electron chi connectivity index (χ2n) is 3.37. The topological polar surface area (TPSA) is 27.8 Å². The van der Waals surface area contributed by atoms with E-state index in [1.54, 1.807) is 12.3 Å². The zero-order valence-corrected chi connectivity index (χ0v) is 9.35. The fraction of sp³-hybridized carbons (Fsp3) is 0.0833. The molecule has 0 saturated heterocycles. The zero-order chi connectivity index (χ0) is 11.4. The first-order valence-electron chi connectivity index (χ1n) is 4.92. The second kappa shape index (κ2) is 4.90. The predicted octanol–water partition coefficient (Wildman–Crippen LogP) is 3.50. The van der Waals surface area contributed by atoms with Gasteiger partial charge in [-0.2, -0.15) is 0 Å². The summed E-state index contributed by atoms with van der Waals surface area (Å²) in [5.74, 6) is -0.409. The van der Waals surface area contributed by atoms with Gasteiger partial charge in [-0.25, -0.2) is 4.39 Å². The molecule has 0 radical (unpaired) electrons. The summed E-state index contributed by atoms with van der Waals surface area (Å²) in [6.45, 7) is 0.580. The number of aromatic amines is 1. The van der Waals surface area contributed by atoms with E-state index in [0.717, 1.165) is 5.56 Å². The Kier molecular flexibility index (Phi) is 3.31. The Labute approximate surface area is 98.1 Å². The number of H-pyrrole nitrogens is 1. The molecule has 4 heteroatoms. The minimum Gasteiger partial charge on any atom is -0.378 e. The Balaban J connectivity index is 2.11. The van der Waals surface area contributed by atoms with Crippen LogP contribution in [0, 0.1) is 10.5 Å². The third-order valence-corrected chi connectivity index (χ3v) is 2.52. The maximum Gasteiger partial charge on any atom is 0.180 e. The van der Waals surface area contributed by atoms with E-state index in [9.17, 15) is 4.39 Å². The molecule has 1 heterocycles. The average molecular weight is 234 g/mol. The highest BCUT2D eigenvalue weighted by atomic mass is 32.1. The van der Waals surface area contributed by atoms with Crippen LogP contribution in [0.15, 0.2) is 42.6 Å². The first-order chi connectivity index (χ1) is 7.77. The SMILES string of the molecule is Fc1c(NCc2ccccc2)cc[nH]c1=S. The van der Waals surface area contributed by atoms with Crippen LogP contribution in [-0.4, -0.2) is 4.98 Å². The number of nitrogens with one attached hydrogen (secondary N) is 2. The van der Waals surface area contributed by atoms with Crippen LogP contribution in [0.5, 0.6) is 0 Å². The van der Waals surface area contributed by atoms with Crippen molar-refractivity contribution in [3.63, 3.8) is 0 Å². The molecule has 0 atom stereocenters. The normalized spacial score (nSPS) is 10.1. The largest absolute Gasteiger partial charge is 0.378 e. The van der Waals surface area contributed by atoms with Gasteiger partial charge in [0.2, 0.25) is 0 Å². The maximum atomic E-state index is 13.5. The third kappa shape index (κ3) is 2.46. The first-order valence-corrected chi connectivity index (χ1v) is 5.33. The van der Waals surface area contributed by atoms with Crippen molar-refractivity contribution in [2.24, 2.45) is 0 Å². The Hall–Kier alpha value is -1.68. The summed E-state index contributed by atoms with van der Waals surface area (Å²) in [5, 5.41) is 3.01. The van der Waals surface area contributed by atoms with E-state index in [4.69, 9.17) is 12.2 Å². The summed E-state index contributed by atoms with van der Waals surface area (Å²) in [6.07, 6.45) is 1.62. The van der Waals surface area contributed by atoms with Gasteiger partial charge in [0.05, 0.1) is 5.69 Å². The summed E-state index contributed by atoms with van der Waals surface area (Å²) in [5.41, 5.74) is 1.52. The van der Waals surface area contributed by atoms with Crippen LogP contribution in [0.3, 0.4) is 0 Å². The minimum atomic E-state index is -0.409. The van der Waals surface area contributed by atoms with Gasteiger partial charge in [0, 0.05) is 12.7 Å². The van der Waals surface area contributed by atoms with Gasteiger partial charge in [-0.15, -0.1) is 0 Å². The summed E-state index contributed by atoms with van der Waals surface area (Å²) in [6, 6.07) is 11.4. The lowest BCUT2D eigenvalue weighted by Crippen LogP contribution is -2.01. The molecule has 0 amide bonds. The molecule has 16 heavy (non-hydrogen) atoms. The van der Waals surface area contributed by atoms with Crippen molar-refractivity contribution in [2.45, 2.75) is 6.54 Å². The molecule has 82 valence electrons. The first kappa shape index (κ1) is 10.8. The van der Waals surface area contributed by atoms with E-state index < -0.39 is 5.82 Å². The van der Waals surface area contributed by atoms with Gasteiger partial charge in [0.25, 0.3) is 0 Å². The summed E-state index contributed by atoms with van der Waals surface area (Å²) < 4.78 is 13.6. The Morgan fingerprint density at radius 3 is 2.69 bits per heavy atom. The van der Waals surface area contributed by atoms with Gasteiger partial charge >= 0.3 is 0 Å². The average Bonchev–Trinajstić information content (AvgIpc) is 2.32. The van der Waals surface area contributed by atoms with Crippen LogP contribution in [0.4, 0.5) is 10.1 Å². The highest BCUT2D eigenvalue weighted by Gasteiger charge is 2.02. The van der Waals surface area contributed by atoms with Crippen LogP contribution < -0.4 is 5.32 Å². The molecule has 0 aliphatic rings. The number of halogens is 1. The van der Waals surface area contributed by atoms with Crippen LogP contribution >= 0.6 is 12.2 Å². The van der Waals surface area contributed by atoms with Crippen molar-refractivity contribution in [1.82, 2.24) is 4.98 Å². The highest BCUT2D eigenvalue weighted by molar-refractivity contribution is 7.71. The van der Waals surface area contributed by atoms with E-state index >= 15 is 0 Å². The predicted molar refractivity (Wildman–Crippen MR) is 65.4 cm³/mol. The molecule has 0 saturated carbocycles. The molecule has 2 aromatic rings. The van der Waals surface area contributed by atoms with E-state index in [0.29, 0.717) is 12.2 Å². The van der Waals surface area contributed by atoms with E-state index in [-0.39, 0.29) is 4.64 Å². The van der Waals surface area contributed by atoms with Crippen molar-refractivity contribution in [3.05, 3.63) is 58.6 Å². The molecular formula is C12H11FN2S. The lowest BCUT2D eigenvalue weighted by Gasteiger charge is -2.07. The molecule has 2 N–H and O–H groups in total. The summed E-state index contributed by atoms with van der Waals surface area (Å²) in [7, 11) is 0. The van der Waals surface area contributed by atoms with Gasteiger partial charge in [-0.1, -0.05) is 42.5 Å². The highest BCUT2D eigenvalue weighted by Crippen LogP contribution is 2.13. The Morgan fingerprint density at radius 2 is 1.94 bits per heavy atom. The van der Waals surface area contributed by atoms with Crippen LogP contribution in [-0.2, 0) is 6.54 Å². The monoisotopic (exact) mass is 234 g/mol. The fourth-order valence-corrected chi connectivity index (χ4v) is 1.57. The molecule has 0 bridgehead atoms. The number of hydrogen-bond donors (Lipinski definition) is 2. The zero-order valence-electron chi connectivity index (χ0n) is 8.53. The lowest BCUT2D eigenvalue weighted by molar-refractivity contribution is 0.619. The van der Waals surface area contributed by atoms with E-state index in [1.807, 2.05) is 30.3 Å². The number of pyridine rings is 1. The number of rotatable bonds is 3. The Morgan fingerprint density at radius 1 is 1.19 bits per heavy atom. The summed E-state index contributed by atoms with van der Waals surface area (Å²) >= 11 is 4.80. The quantitative estimate of drug-likeness (QED) is 0.795. The molecule has 0 aliphatic carbocycles.